The van der Waals surface area contributed by atoms with Crippen molar-refractivity contribution in [2.75, 3.05) is 20.3 Å². The highest BCUT2D eigenvalue weighted by molar-refractivity contribution is 8.05. The van der Waals surface area contributed by atoms with E-state index in [1.165, 1.54) is 19.2 Å². The van der Waals surface area contributed by atoms with E-state index in [1.54, 1.807) is 47.7 Å². The van der Waals surface area contributed by atoms with Crippen molar-refractivity contribution in [2.45, 2.75) is 82.8 Å². The first-order chi connectivity index (χ1) is 18.8. The Labute approximate surface area is 246 Å². The second-order valence-corrected chi connectivity index (χ2v) is 18.7. The van der Waals surface area contributed by atoms with Crippen molar-refractivity contribution in [2.24, 2.45) is 10.8 Å². The number of nitrogens with one attached hydrogen (secondary N) is 1. The molecule has 1 aromatic carbocycles. The number of benzene rings is 1. The highest BCUT2D eigenvalue weighted by atomic mass is 32.3. The summed E-state index contributed by atoms with van der Waals surface area (Å²) in [5, 5.41) is 9.21. The lowest BCUT2D eigenvalue weighted by Gasteiger charge is -2.41. The van der Waals surface area contributed by atoms with Crippen LogP contribution in [0.4, 0.5) is 13.2 Å². The maximum atomic E-state index is 13.4. The van der Waals surface area contributed by atoms with E-state index in [0.29, 0.717) is 16.1 Å². The fourth-order valence-electron chi connectivity index (χ4n) is 4.51. The van der Waals surface area contributed by atoms with Crippen LogP contribution < -0.4 is 4.13 Å². The van der Waals surface area contributed by atoms with E-state index in [9.17, 15) is 44.7 Å². The smallest absolute Gasteiger partial charge is 0.494 e. The molecule has 0 spiro atoms. The summed E-state index contributed by atoms with van der Waals surface area (Å²) in [6, 6.07) is 4.46. The summed E-state index contributed by atoms with van der Waals surface area (Å²) in [6.07, 6.45) is 0.317. The summed E-state index contributed by atoms with van der Waals surface area (Å²) < 4.78 is 102. The number of hydrogen-bond acceptors (Lipinski definition) is 10. The predicted octanol–water partition coefficient (Wildman–Crippen LogP) is 3.72. The number of aliphatic hydroxyl groups excluding tert-OH is 1. The Morgan fingerprint density at radius 1 is 0.929 bits per heavy atom. The summed E-state index contributed by atoms with van der Waals surface area (Å²) in [5.74, 6) is -1.25. The largest absolute Gasteiger partial charge is 0.512 e. The Bertz CT molecular complexity index is 1330. The van der Waals surface area contributed by atoms with Gasteiger partial charge < -0.3 is 18.7 Å². The minimum absolute atomic E-state index is 0.0249. The molecule has 2 atom stereocenters. The molecule has 0 aliphatic heterocycles. The molecular formula is C25H40F3NO10S2Si. The molecule has 42 heavy (non-hydrogen) atoms. The Morgan fingerprint density at radius 2 is 1.45 bits per heavy atom. The number of carbonyl (C=O) groups is 2. The van der Waals surface area contributed by atoms with Gasteiger partial charge in [0.05, 0.1) is 22.3 Å². The quantitative estimate of drug-likeness (QED) is 0.209. The molecule has 0 saturated carbocycles. The highest BCUT2D eigenvalue weighted by Gasteiger charge is 2.50. The number of sulfonamides is 2. The lowest BCUT2D eigenvalue weighted by atomic mass is 9.63. The number of hydrogen-bond donors (Lipinski definition) is 2. The van der Waals surface area contributed by atoms with Gasteiger partial charge in [-0.2, -0.15) is 13.2 Å². The summed E-state index contributed by atoms with van der Waals surface area (Å²) in [5.41, 5.74) is -8.79. The van der Waals surface area contributed by atoms with Crippen LogP contribution in [0.2, 0.25) is 13.1 Å². The zero-order chi connectivity index (χ0) is 33.0. The van der Waals surface area contributed by atoms with Crippen molar-refractivity contribution in [3.63, 3.8) is 0 Å². The lowest BCUT2D eigenvalue weighted by Crippen LogP contribution is -2.46. The average Bonchev–Trinajstić information content (AvgIpc) is 2.85. The molecule has 0 aliphatic carbocycles. The average molecular weight is 664 g/mol. The molecule has 2 unspecified atom stereocenters. The zero-order valence-corrected chi connectivity index (χ0v) is 27.5. The normalized spacial score (nSPS) is 16.3. The Hall–Kier alpha value is -2.05. The van der Waals surface area contributed by atoms with Crippen LogP contribution in [0.5, 0.6) is 0 Å². The van der Waals surface area contributed by atoms with Crippen molar-refractivity contribution in [3.05, 3.63) is 29.8 Å². The lowest BCUT2D eigenvalue weighted by molar-refractivity contribution is -0.163. The first-order valence-electron chi connectivity index (χ1n) is 12.8. The van der Waals surface area contributed by atoms with E-state index < -0.39 is 73.8 Å². The molecule has 0 bridgehead atoms. The number of esters is 1. The minimum atomic E-state index is -6.17. The number of rotatable bonds is 15. The number of halogens is 3. The van der Waals surface area contributed by atoms with Crippen LogP contribution in [0.25, 0.3) is 0 Å². The molecule has 0 amide bonds. The highest BCUT2D eigenvalue weighted by Crippen LogP contribution is 2.46. The molecule has 0 saturated heterocycles. The molecule has 0 heterocycles. The van der Waals surface area contributed by atoms with Crippen molar-refractivity contribution in [1.82, 2.24) is 4.13 Å². The van der Waals surface area contributed by atoms with Crippen molar-refractivity contribution >= 4 is 40.5 Å². The van der Waals surface area contributed by atoms with Crippen molar-refractivity contribution in [3.8, 4) is 0 Å². The number of aliphatic hydroxyl groups is 1. The van der Waals surface area contributed by atoms with E-state index in [4.69, 9.17) is 13.6 Å². The monoisotopic (exact) mass is 663 g/mol. The molecule has 0 fully saturated rings. The van der Waals surface area contributed by atoms with Gasteiger partial charge in [0, 0.05) is 7.11 Å². The first-order valence-corrected chi connectivity index (χ1v) is 18.6. The van der Waals surface area contributed by atoms with E-state index in [1.807, 2.05) is 0 Å². The number of ether oxygens (including phenoxy) is 1. The van der Waals surface area contributed by atoms with Gasteiger partial charge in [-0.15, -0.1) is 0 Å². The third-order valence-corrected chi connectivity index (χ3v) is 11.9. The third-order valence-electron chi connectivity index (χ3n) is 7.00. The van der Waals surface area contributed by atoms with Crippen LogP contribution in [0, 0.1) is 10.8 Å². The number of alkyl halides is 3. The van der Waals surface area contributed by atoms with Gasteiger partial charge in [-0.1, -0.05) is 37.0 Å². The molecule has 1 aromatic rings. The molecule has 0 radical (unpaired) electrons. The Balaban J connectivity index is 3.45. The number of carbonyl (C=O) groups excluding carboxylic acids is 2. The molecule has 11 nitrogen and oxygen atoms in total. The van der Waals surface area contributed by atoms with Crippen LogP contribution >= 0.6 is 0 Å². The molecule has 0 aromatic heterocycles. The van der Waals surface area contributed by atoms with Gasteiger partial charge in [-0.05, 0) is 69.3 Å². The molecular weight excluding hydrogens is 623 g/mol. The van der Waals surface area contributed by atoms with Crippen molar-refractivity contribution < 1.29 is 58.3 Å². The molecule has 1 rings (SSSR count). The van der Waals surface area contributed by atoms with Gasteiger partial charge in [0.25, 0.3) is 16.0 Å². The van der Waals surface area contributed by atoms with Gasteiger partial charge in [0.15, 0.2) is 0 Å². The fraction of sp³-hybridized carbons (Fsp3) is 0.680. The van der Waals surface area contributed by atoms with Crippen LogP contribution in [-0.2, 0) is 48.6 Å². The second kappa shape index (κ2) is 13.3. The summed E-state index contributed by atoms with van der Waals surface area (Å²) >= 11 is 0. The van der Waals surface area contributed by atoms with Gasteiger partial charge in [-0.25, -0.2) is 16.8 Å². The van der Waals surface area contributed by atoms with E-state index in [2.05, 4.69) is 0 Å². The van der Waals surface area contributed by atoms with Crippen LogP contribution in [0.15, 0.2) is 29.2 Å². The molecule has 242 valence electrons. The Kier molecular flexibility index (Phi) is 12.0. The fourth-order valence-corrected chi connectivity index (χ4v) is 7.70. The summed E-state index contributed by atoms with van der Waals surface area (Å²) in [4.78, 5) is 25.9. The van der Waals surface area contributed by atoms with Gasteiger partial charge >= 0.3 is 30.1 Å². The van der Waals surface area contributed by atoms with E-state index in [0.717, 1.165) is 12.1 Å². The first kappa shape index (κ1) is 38.0. The van der Waals surface area contributed by atoms with E-state index >= 15 is 0 Å². The van der Waals surface area contributed by atoms with Crippen LogP contribution in [0.3, 0.4) is 0 Å². The van der Waals surface area contributed by atoms with Gasteiger partial charge in [-0.3, -0.25) is 9.59 Å². The third kappa shape index (κ3) is 9.47. The van der Waals surface area contributed by atoms with Gasteiger partial charge in [0.2, 0.25) is 0 Å². The maximum Gasteiger partial charge on any atom is 0.512 e. The standard InChI is InChI=1S/C25H40F3NO10S2Si/c1-9-23(4,21(32)39-42(7,8)37-6)17-24(5,20(31)38-15-14-30)16-22(2,3)18-10-12-19(13-11-18)40(33,34)29-41(35,36)25(26,27)28/h10-13,29-30H,9,14-17H2,1-8H3. The summed E-state index contributed by atoms with van der Waals surface area (Å²) in [6.45, 7) is 11.1. The van der Waals surface area contributed by atoms with Crippen LogP contribution in [-0.4, -0.2) is 68.3 Å². The topological polar surface area (TPSA) is 162 Å². The zero-order valence-electron chi connectivity index (χ0n) is 24.9. The van der Waals surface area contributed by atoms with Crippen molar-refractivity contribution in [1.29, 1.82) is 0 Å². The predicted molar refractivity (Wildman–Crippen MR) is 149 cm³/mol. The minimum Gasteiger partial charge on any atom is -0.494 e. The second-order valence-electron chi connectivity index (χ2n) is 11.6. The summed E-state index contributed by atoms with van der Waals surface area (Å²) in [7, 11) is -12.6. The molecule has 2 N–H and O–H groups in total. The van der Waals surface area contributed by atoms with Crippen LogP contribution in [0.1, 0.15) is 59.4 Å². The van der Waals surface area contributed by atoms with Gasteiger partial charge in [0.1, 0.15) is 6.61 Å². The molecule has 0 aliphatic rings. The Morgan fingerprint density at radius 3 is 1.88 bits per heavy atom. The maximum absolute atomic E-state index is 13.4. The van der Waals surface area contributed by atoms with E-state index in [-0.39, 0.29) is 19.4 Å². The molecule has 17 heteroatoms. The SMILES string of the molecule is CCC(C)(CC(C)(CC(C)(C)c1ccc(S(=O)(=O)NS(=O)(=O)C(F)(F)F)cc1)C(=O)OCCO)C(=O)O[Si](C)(C)OC.